The first kappa shape index (κ1) is 12.9. The lowest BCUT2D eigenvalue weighted by atomic mass is 10.2. The van der Waals surface area contributed by atoms with Gasteiger partial charge in [-0.05, 0) is 19.3 Å². The number of carboxylic acid groups (broad SMARTS) is 1. The molecule has 0 aliphatic heterocycles. The molecule has 0 aromatic carbocycles. The van der Waals surface area contributed by atoms with Crippen molar-refractivity contribution in [2.24, 2.45) is 5.73 Å². The SMILES string of the molecule is CC[C@H](N)C(=O)NCCCCC(=O)O. The minimum Gasteiger partial charge on any atom is -0.481 e. The van der Waals surface area contributed by atoms with E-state index in [1.165, 1.54) is 0 Å². The van der Waals surface area contributed by atoms with E-state index in [0.29, 0.717) is 25.8 Å². The van der Waals surface area contributed by atoms with Crippen molar-refractivity contribution in [2.45, 2.75) is 38.6 Å². The van der Waals surface area contributed by atoms with Gasteiger partial charge in [0, 0.05) is 13.0 Å². The van der Waals surface area contributed by atoms with E-state index < -0.39 is 12.0 Å². The number of hydrogen-bond donors (Lipinski definition) is 3. The number of nitrogens with one attached hydrogen (secondary N) is 1. The molecule has 0 saturated heterocycles. The molecule has 5 nitrogen and oxygen atoms in total. The van der Waals surface area contributed by atoms with Crippen molar-refractivity contribution < 1.29 is 14.7 Å². The fourth-order valence-corrected chi connectivity index (χ4v) is 0.929. The topological polar surface area (TPSA) is 92.4 Å². The molecule has 0 rings (SSSR count). The summed E-state index contributed by atoms with van der Waals surface area (Å²) in [6.07, 6.45) is 2.02. The molecule has 0 heterocycles. The van der Waals surface area contributed by atoms with Gasteiger partial charge in [0.15, 0.2) is 0 Å². The summed E-state index contributed by atoms with van der Waals surface area (Å²) in [4.78, 5) is 21.3. The van der Waals surface area contributed by atoms with Crippen LogP contribution in [0.5, 0.6) is 0 Å². The van der Waals surface area contributed by atoms with Crippen molar-refractivity contribution in [1.82, 2.24) is 5.32 Å². The highest BCUT2D eigenvalue weighted by atomic mass is 16.4. The van der Waals surface area contributed by atoms with Gasteiger partial charge in [0.05, 0.1) is 6.04 Å². The van der Waals surface area contributed by atoms with E-state index in [-0.39, 0.29) is 12.3 Å². The number of amides is 1. The number of rotatable bonds is 7. The van der Waals surface area contributed by atoms with E-state index in [1.54, 1.807) is 0 Å². The lowest BCUT2D eigenvalue weighted by Crippen LogP contribution is -2.40. The second kappa shape index (κ2) is 7.32. The Morgan fingerprint density at radius 1 is 1.43 bits per heavy atom. The van der Waals surface area contributed by atoms with Crippen LogP contribution in [0.4, 0.5) is 0 Å². The zero-order chi connectivity index (χ0) is 11.0. The van der Waals surface area contributed by atoms with Crippen LogP contribution in [0, 0.1) is 0 Å². The number of aliphatic carboxylic acids is 1. The van der Waals surface area contributed by atoms with Gasteiger partial charge in [-0.25, -0.2) is 0 Å². The average molecular weight is 202 g/mol. The second-order valence-electron chi connectivity index (χ2n) is 3.16. The van der Waals surface area contributed by atoms with Crippen molar-refractivity contribution in [3.8, 4) is 0 Å². The lowest BCUT2D eigenvalue weighted by Gasteiger charge is -2.09. The predicted octanol–water partition coefficient (Wildman–Crippen LogP) is 0.0948. The first-order valence-electron chi connectivity index (χ1n) is 4.83. The number of unbranched alkanes of at least 4 members (excludes halogenated alkanes) is 1. The van der Waals surface area contributed by atoms with E-state index in [4.69, 9.17) is 10.8 Å². The molecule has 0 aliphatic carbocycles. The molecule has 0 aliphatic rings. The van der Waals surface area contributed by atoms with Crippen LogP contribution in [0.15, 0.2) is 0 Å². The third-order valence-electron chi connectivity index (χ3n) is 1.89. The standard InChI is InChI=1S/C9H18N2O3/c1-2-7(10)9(14)11-6-4-3-5-8(12)13/h7H,2-6,10H2,1H3,(H,11,14)(H,12,13)/t7-/m0/s1. The summed E-state index contributed by atoms with van der Waals surface area (Å²) in [7, 11) is 0. The van der Waals surface area contributed by atoms with Crippen molar-refractivity contribution in [1.29, 1.82) is 0 Å². The lowest BCUT2D eigenvalue weighted by molar-refractivity contribution is -0.137. The molecule has 14 heavy (non-hydrogen) atoms. The summed E-state index contributed by atoms with van der Waals surface area (Å²) in [5, 5.41) is 11.0. The molecular weight excluding hydrogens is 184 g/mol. The van der Waals surface area contributed by atoms with Crippen LogP contribution < -0.4 is 11.1 Å². The summed E-state index contributed by atoms with van der Waals surface area (Å²) >= 11 is 0. The van der Waals surface area contributed by atoms with Crippen LogP contribution in [0.1, 0.15) is 32.6 Å². The average Bonchev–Trinajstić information content (AvgIpc) is 2.15. The van der Waals surface area contributed by atoms with Crippen LogP contribution in [-0.2, 0) is 9.59 Å². The molecule has 5 heteroatoms. The quantitative estimate of drug-likeness (QED) is 0.510. The number of carbonyl (C=O) groups is 2. The van der Waals surface area contributed by atoms with Gasteiger partial charge >= 0.3 is 5.97 Å². The van der Waals surface area contributed by atoms with E-state index in [2.05, 4.69) is 5.32 Å². The molecule has 0 bridgehead atoms. The Hall–Kier alpha value is -1.10. The monoisotopic (exact) mass is 202 g/mol. The smallest absolute Gasteiger partial charge is 0.303 e. The summed E-state index contributed by atoms with van der Waals surface area (Å²) < 4.78 is 0. The minimum atomic E-state index is -0.804. The Morgan fingerprint density at radius 3 is 2.57 bits per heavy atom. The first-order chi connectivity index (χ1) is 6.57. The molecule has 1 amide bonds. The second-order valence-corrected chi connectivity index (χ2v) is 3.16. The molecule has 0 saturated carbocycles. The van der Waals surface area contributed by atoms with Crippen molar-refractivity contribution in [3.63, 3.8) is 0 Å². The van der Waals surface area contributed by atoms with Crippen LogP contribution in [-0.4, -0.2) is 29.6 Å². The highest BCUT2D eigenvalue weighted by molar-refractivity contribution is 5.81. The number of carbonyl (C=O) groups excluding carboxylic acids is 1. The number of carboxylic acids is 1. The number of nitrogens with two attached hydrogens (primary N) is 1. The van der Waals surface area contributed by atoms with E-state index in [9.17, 15) is 9.59 Å². The van der Waals surface area contributed by atoms with Crippen molar-refractivity contribution in [3.05, 3.63) is 0 Å². The van der Waals surface area contributed by atoms with Crippen molar-refractivity contribution >= 4 is 11.9 Å². The molecule has 0 aromatic rings. The zero-order valence-corrected chi connectivity index (χ0v) is 8.45. The fraction of sp³-hybridized carbons (Fsp3) is 0.778. The highest BCUT2D eigenvalue weighted by Crippen LogP contribution is 1.94. The zero-order valence-electron chi connectivity index (χ0n) is 8.45. The predicted molar refractivity (Wildman–Crippen MR) is 52.8 cm³/mol. The van der Waals surface area contributed by atoms with E-state index >= 15 is 0 Å². The molecule has 4 N–H and O–H groups in total. The first-order valence-corrected chi connectivity index (χ1v) is 4.83. The Kier molecular flexibility index (Phi) is 6.74. The number of hydrogen-bond acceptors (Lipinski definition) is 3. The summed E-state index contributed by atoms with van der Waals surface area (Å²) in [6, 6.07) is -0.450. The minimum absolute atomic E-state index is 0.149. The van der Waals surface area contributed by atoms with Gasteiger partial charge in [-0.15, -0.1) is 0 Å². The summed E-state index contributed by atoms with van der Waals surface area (Å²) in [5.41, 5.74) is 5.47. The van der Waals surface area contributed by atoms with Gasteiger partial charge in [-0.3, -0.25) is 9.59 Å². The third kappa shape index (κ3) is 6.42. The van der Waals surface area contributed by atoms with Gasteiger partial charge in [-0.2, -0.15) is 0 Å². The van der Waals surface area contributed by atoms with Gasteiger partial charge < -0.3 is 16.2 Å². The Balaban J connectivity index is 3.36. The van der Waals surface area contributed by atoms with Gasteiger partial charge in [0.1, 0.15) is 0 Å². The van der Waals surface area contributed by atoms with Crippen LogP contribution in [0.2, 0.25) is 0 Å². The maximum atomic E-state index is 11.1. The molecule has 0 aromatic heterocycles. The molecule has 0 spiro atoms. The van der Waals surface area contributed by atoms with Gasteiger partial charge in [-0.1, -0.05) is 6.92 Å². The van der Waals surface area contributed by atoms with E-state index in [1.807, 2.05) is 6.92 Å². The Labute approximate surface area is 83.7 Å². The summed E-state index contributed by atoms with van der Waals surface area (Å²) in [6.45, 7) is 2.34. The van der Waals surface area contributed by atoms with Crippen LogP contribution in [0.3, 0.4) is 0 Å². The summed E-state index contributed by atoms with van der Waals surface area (Å²) in [5.74, 6) is -0.968. The largest absolute Gasteiger partial charge is 0.481 e. The van der Waals surface area contributed by atoms with Crippen molar-refractivity contribution in [2.75, 3.05) is 6.54 Å². The molecule has 1 atom stereocenters. The Morgan fingerprint density at radius 2 is 2.07 bits per heavy atom. The van der Waals surface area contributed by atoms with E-state index in [0.717, 1.165) is 0 Å². The molecule has 82 valence electrons. The molecular formula is C9H18N2O3. The van der Waals surface area contributed by atoms with Crippen LogP contribution in [0.25, 0.3) is 0 Å². The molecule has 0 radical (unpaired) electrons. The van der Waals surface area contributed by atoms with Gasteiger partial charge in [0.2, 0.25) is 5.91 Å². The fourth-order valence-electron chi connectivity index (χ4n) is 0.929. The normalized spacial score (nSPS) is 12.1. The Bertz CT molecular complexity index is 194. The van der Waals surface area contributed by atoms with Gasteiger partial charge in [0.25, 0.3) is 0 Å². The maximum Gasteiger partial charge on any atom is 0.303 e. The molecule has 0 fully saturated rings. The van der Waals surface area contributed by atoms with Crippen LogP contribution >= 0.6 is 0 Å². The highest BCUT2D eigenvalue weighted by Gasteiger charge is 2.09. The maximum absolute atomic E-state index is 11.1. The molecule has 0 unspecified atom stereocenters. The third-order valence-corrected chi connectivity index (χ3v) is 1.89.